The monoisotopic (exact) mass is 453 g/mol. The number of carbonyl (C=O) groups excluding carboxylic acids is 2. The molecule has 0 saturated carbocycles. The Labute approximate surface area is 196 Å². The number of aromatic nitrogens is 1. The minimum Gasteiger partial charge on any atom is -0.294 e. The van der Waals surface area contributed by atoms with Crippen molar-refractivity contribution in [3.05, 3.63) is 111 Å². The number of hydrogen-bond donors (Lipinski definition) is 0. The average Bonchev–Trinajstić information content (AvgIpc) is 2.85. The van der Waals surface area contributed by atoms with Crippen LogP contribution in [0.5, 0.6) is 0 Å². The molecule has 5 rings (SSSR count). The molecule has 2 heterocycles. The molecular weight excluding hydrogens is 430 g/mol. The van der Waals surface area contributed by atoms with Crippen LogP contribution in [0.4, 0.5) is 11.4 Å². The highest BCUT2D eigenvalue weighted by Gasteiger charge is 2.43. The Morgan fingerprint density at radius 1 is 0.941 bits per heavy atom. The molecule has 3 aromatic rings. The van der Waals surface area contributed by atoms with Gasteiger partial charge >= 0.3 is 0 Å². The van der Waals surface area contributed by atoms with Crippen molar-refractivity contribution < 1.29 is 14.5 Å². The second-order valence-corrected chi connectivity index (χ2v) is 8.79. The van der Waals surface area contributed by atoms with Gasteiger partial charge in [-0.25, -0.2) is 0 Å². The molecule has 34 heavy (non-hydrogen) atoms. The fraction of sp³-hybridized carbons (Fsp3) is 0.222. The fourth-order valence-corrected chi connectivity index (χ4v) is 5.11. The molecule has 2 atom stereocenters. The number of pyridine rings is 1. The minimum absolute atomic E-state index is 0.0116. The number of benzene rings is 2. The van der Waals surface area contributed by atoms with Crippen LogP contribution >= 0.6 is 0 Å². The summed E-state index contributed by atoms with van der Waals surface area (Å²) in [6.07, 6.45) is 4.31. The molecule has 1 amide bonds. The lowest BCUT2D eigenvalue weighted by molar-refractivity contribution is -0.384. The van der Waals surface area contributed by atoms with Gasteiger partial charge in [-0.1, -0.05) is 36.4 Å². The third-order valence-corrected chi connectivity index (χ3v) is 6.75. The van der Waals surface area contributed by atoms with E-state index < -0.39 is 4.92 Å². The maximum atomic E-state index is 13.6. The summed E-state index contributed by atoms with van der Waals surface area (Å²) in [5.74, 6) is -0.592. The molecule has 0 N–H and O–H groups in total. The summed E-state index contributed by atoms with van der Waals surface area (Å²) >= 11 is 0. The first-order valence-corrected chi connectivity index (χ1v) is 11.2. The number of nitrogens with zero attached hydrogens (tertiary/aromatic N) is 3. The molecule has 170 valence electrons. The van der Waals surface area contributed by atoms with Crippen molar-refractivity contribution in [1.29, 1.82) is 0 Å². The van der Waals surface area contributed by atoms with Crippen LogP contribution in [0.25, 0.3) is 0 Å². The SMILES string of the molecule is Cc1ccc([N+](=O)[O-])cc1N1C(=O)CC(c2ccncc2)C2=C1CC(c1ccccc1)CC2=O. The molecule has 7 nitrogen and oxygen atoms in total. The van der Waals surface area contributed by atoms with Gasteiger partial charge in [-0.05, 0) is 48.1 Å². The lowest BCUT2D eigenvalue weighted by Crippen LogP contribution is -2.42. The zero-order valence-electron chi connectivity index (χ0n) is 18.7. The second-order valence-electron chi connectivity index (χ2n) is 8.79. The van der Waals surface area contributed by atoms with Crippen molar-refractivity contribution in [2.24, 2.45) is 0 Å². The first kappa shape index (κ1) is 21.7. The Morgan fingerprint density at radius 2 is 1.68 bits per heavy atom. The second kappa shape index (κ2) is 8.67. The number of carbonyl (C=O) groups is 2. The van der Waals surface area contributed by atoms with Gasteiger partial charge in [0.05, 0.1) is 10.6 Å². The van der Waals surface area contributed by atoms with E-state index in [1.165, 1.54) is 12.1 Å². The molecule has 0 radical (unpaired) electrons. The molecule has 0 fully saturated rings. The number of anilines is 1. The number of allylic oxidation sites excluding steroid dienone is 2. The number of hydrogen-bond acceptors (Lipinski definition) is 5. The van der Waals surface area contributed by atoms with E-state index in [1.807, 2.05) is 49.4 Å². The van der Waals surface area contributed by atoms with Crippen LogP contribution in [0, 0.1) is 17.0 Å². The fourth-order valence-electron chi connectivity index (χ4n) is 5.11. The number of rotatable bonds is 4. The first-order chi connectivity index (χ1) is 16.4. The van der Waals surface area contributed by atoms with E-state index in [-0.39, 0.29) is 35.6 Å². The Balaban J connectivity index is 1.69. The van der Waals surface area contributed by atoms with Crippen LogP contribution in [0.2, 0.25) is 0 Å². The Bertz CT molecular complexity index is 1320. The molecule has 7 heteroatoms. The van der Waals surface area contributed by atoms with Gasteiger partial charge in [0, 0.05) is 54.6 Å². The molecule has 2 aromatic carbocycles. The summed E-state index contributed by atoms with van der Waals surface area (Å²) in [7, 11) is 0. The Morgan fingerprint density at radius 3 is 2.38 bits per heavy atom. The molecular formula is C27H23N3O4. The number of amides is 1. The highest BCUT2D eigenvalue weighted by Crippen LogP contribution is 2.47. The van der Waals surface area contributed by atoms with Crippen LogP contribution in [-0.2, 0) is 9.59 Å². The zero-order valence-corrected chi connectivity index (χ0v) is 18.7. The number of aryl methyl sites for hydroxylation is 1. The van der Waals surface area contributed by atoms with E-state index in [4.69, 9.17) is 0 Å². The summed E-state index contributed by atoms with van der Waals surface area (Å²) in [6, 6.07) is 18.0. The number of non-ortho nitro benzene ring substituents is 1. The third-order valence-electron chi connectivity index (χ3n) is 6.75. The molecule has 0 bridgehead atoms. The largest absolute Gasteiger partial charge is 0.294 e. The smallest absolute Gasteiger partial charge is 0.271 e. The van der Waals surface area contributed by atoms with E-state index >= 15 is 0 Å². The third kappa shape index (κ3) is 3.79. The van der Waals surface area contributed by atoms with Crippen molar-refractivity contribution in [3.63, 3.8) is 0 Å². The van der Waals surface area contributed by atoms with Crippen LogP contribution in [-0.4, -0.2) is 21.6 Å². The lowest BCUT2D eigenvalue weighted by atomic mass is 9.73. The number of ketones is 1. The summed E-state index contributed by atoms with van der Waals surface area (Å²) in [5.41, 5.74) is 4.29. The minimum atomic E-state index is -0.467. The summed E-state index contributed by atoms with van der Waals surface area (Å²) in [6.45, 7) is 1.82. The van der Waals surface area contributed by atoms with E-state index in [2.05, 4.69) is 4.98 Å². The highest BCUT2D eigenvalue weighted by molar-refractivity contribution is 6.08. The van der Waals surface area contributed by atoms with Crippen LogP contribution in [0.3, 0.4) is 0 Å². The molecule has 2 unspecified atom stereocenters. The van der Waals surface area contributed by atoms with Gasteiger partial charge in [-0.3, -0.25) is 29.6 Å². The maximum Gasteiger partial charge on any atom is 0.271 e. The molecule has 0 spiro atoms. The van der Waals surface area contributed by atoms with Gasteiger partial charge in [-0.2, -0.15) is 0 Å². The van der Waals surface area contributed by atoms with Crippen LogP contribution in [0.15, 0.2) is 84.3 Å². The lowest BCUT2D eigenvalue weighted by Gasteiger charge is -2.41. The van der Waals surface area contributed by atoms with E-state index in [0.717, 1.165) is 16.7 Å². The van der Waals surface area contributed by atoms with Crippen molar-refractivity contribution in [3.8, 4) is 0 Å². The van der Waals surface area contributed by atoms with Gasteiger partial charge in [0.15, 0.2) is 5.78 Å². The number of nitro benzene ring substituents is 1. The molecule has 2 aliphatic rings. The van der Waals surface area contributed by atoms with E-state index in [1.54, 1.807) is 23.4 Å². The standard InChI is InChI=1S/C27H23N3O4/c1-17-7-8-21(30(33)34)15-23(17)29-24-13-20(18-5-3-2-4-6-18)14-25(31)27(24)22(16-26(29)32)19-9-11-28-12-10-19/h2-12,15,20,22H,13-14,16H2,1H3. The Kier molecular flexibility index (Phi) is 5.53. The topological polar surface area (TPSA) is 93.4 Å². The molecule has 1 aliphatic heterocycles. The number of nitro groups is 1. The van der Waals surface area contributed by atoms with Gasteiger partial charge in [0.2, 0.25) is 5.91 Å². The average molecular weight is 453 g/mol. The van der Waals surface area contributed by atoms with Gasteiger partial charge < -0.3 is 0 Å². The van der Waals surface area contributed by atoms with Crippen molar-refractivity contribution in [2.45, 2.75) is 38.0 Å². The Hall–Kier alpha value is -4.13. The predicted octanol–water partition coefficient (Wildman–Crippen LogP) is 5.22. The van der Waals surface area contributed by atoms with Gasteiger partial charge in [-0.15, -0.1) is 0 Å². The summed E-state index contributed by atoms with van der Waals surface area (Å²) in [4.78, 5) is 43.9. The normalized spacial score (nSPS) is 20.3. The van der Waals surface area contributed by atoms with Gasteiger partial charge in [0.25, 0.3) is 5.69 Å². The van der Waals surface area contributed by atoms with Crippen LogP contribution in [0.1, 0.15) is 47.8 Å². The first-order valence-electron chi connectivity index (χ1n) is 11.2. The predicted molar refractivity (Wildman–Crippen MR) is 127 cm³/mol. The van der Waals surface area contributed by atoms with Crippen molar-refractivity contribution >= 4 is 23.1 Å². The quantitative estimate of drug-likeness (QED) is 0.399. The van der Waals surface area contributed by atoms with Gasteiger partial charge in [0.1, 0.15) is 0 Å². The zero-order chi connectivity index (χ0) is 23.8. The van der Waals surface area contributed by atoms with Crippen molar-refractivity contribution in [2.75, 3.05) is 4.90 Å². The highest BCUT2D eigenvalue weighted by atomic mass is 16.6. The maximum absolute atomic E-state index is 13.6. The van der Waals surface area contributed by atoms with E-state index in [9.17, 15) is 19.7 Å². The van der Waals surface area contributed by atoms with E-state index in [0.29, 0.717) is 29.8 Å². The summed E-state index contributed by atoms with van der Waals surface area (Å²) < 4.78 is 0. The molecule has 0 saturated heterocycles. The summed E-state index contributed by atoms with van der Waals surface area (Å²) in [5, 5.41) is 11.5. The molecule has 1 aliphatic carbocycles. The number of Topliss-reactive ketones (excluding diaryl/α,β-unsaturated/α-hetero) is 1. The molecule has 1 aromatic heterocycles. The van der Waals surface area contributed by atoms with Crippen LogP contribution < -0.4 is 4.90 Å². The van der Waals surface area contributed by atoms with Crippen molar-refractivity contribution in [1.82, 2.24) is 4.98 Å².